The molecule has 1 saturated heterocycles. The van der Waals surface area contributed by atoms with Crippen LogP contribution in [0.4, 0.5) is 0 Å². The average molecular weight is 299 g/mol. The van der Waals surface area contributed by atoms with Crippen molar-refractivity contribution in [1.29, 1.82) is 0 Å². The quantitative estimate of drug-likeness (QED) is 0.768. The second-order valence-corrected chi connectivity index (χ2v) is 7.05. The fraction of sp³-hybridized carbons (Fsp3) is 0.833. The van der Waals surface area contributed by atoms with Gasteiger partial charge in [0.05, 0.1) is 24.0 Å². The van der Waals surface area contributed by atoms with Crippen molar-refractivity contribution < 1.29 is 9.53 Å². The number of carbonyl (C=O) groups is 1. The summed E-state index contributed by atoms with van der Waals surface area (Å²) in [5.74, 6) is 0.113. The number of aromatic nitrogens is 4. The van der Waals surface area contributed by atoms with Gasteiger partial charge in [0.1, 0.15) is 0 Å². The number of tetrazole rings is 1. The van der Waals surface area contributed by atoms with Gasteiger partial charge in [-0.1, -0.05) is 11.8 Å². The highest BCUT2D eigenvalue weighted by Gasteiger charge is 2.27. The maximum atomic E-state index is 12.4. The molecule has 2 heterocycles. The van der Waals surface area contributed by atoms with Crippen molar-refractivity contribution in [3.05, 3.63) is 0 Å². The van der Waals surface area contributed by atoms with Crippen LogP contribution in [0.2, 0.25) is 0 Å². The van der Waals surface area contributed by atoms with E-state index in [1.54, 1.807) is 4.68 Å². The molecular weight excluding hydrogens is 278 g/mol. The molecule has 1 amide bonds. The van der Waals surface area contributed by atoms with Gasteiger partial charge in [0.15, 0.2) is 0 Å². The first kappa shape index (κ1) is 15.2. The number of morpholine rings is 1. The van der Waals surface area contributed by atoms with Gasteiger partial charge < -0.3 is 9.64 Å². The third kappa shape index (κ3) is 3.49. The molecule has 1 aromatic heterocycles. The maximum absolute atomic E-state index is 12.4. The number of amides is 1. The first-order valence-corrected chi connectivity index (χ1v) is 7.59. The minimum Gasteiger partial charge on any atom is -0.378 e. The number of hydrogen-bond donors (Lipinski definition) is 0. The van der Waals surface area contributed by atoms with Crippen molar-refractivity contribution in [3.63, 3.8) is 0 Å². The van der Waals surface area contributed by atoms with Crippen LogP contribution in [0.15, 0.2) is 5.16 Å². The van der Waals surface area contributed by atoms with Crippen LogP contribution in [0.3, 0.4) is 0 Å². The molecule has 0 N–H and O–H groups in total. The SMILES string of the molecule is C[C@@H](Sc1nnnn1C(C)(C)C)C(=O)N1CCOCC1. The number of nitrogens with zero attached hydrogens (tertiary/aromatic N) is 5. The van der Waals surface area contributed by atoms with Crippen molar-refractivity contribution in [1.82, 2.24) is 25.1 Å². The van der Waals surface area contributed by atoms with Crippen molar-refractivity contribution in [2.75, 3.05) is 26.3 Å². The number of hydrogen-bond acceptors (Lipinski definition) is 6. The standard InChI is InChI=1S/C12H21N5O2S/c1-9(10(18)16-5-7-19-8-6-16)20-11-13-14-15-17(11)12(2,3)4/h9H,5-8H2,1-4H3/t9-/m1/s1. The number of thioether (sulfide) groups is 1. The van der Waals surface area contributed by atoms with Crippen molar-refractivity contribution in [3.8, 4) is 0 Å². The maximum Gasteiger partial charge on any atom is 0.236 e. The van der Waals surface area contributed by atoms with E-state index in [2.05, 4.69) is 15.5 Å². The number of ether oxygens (including phenoxy) is 1. The summed E-state index contributed by atoms with van der Waals surface area (Å²) in [6.45, 7) is 10.5. The molecule has 0 aromatic carbocycles. The molecule has 0 radical (unpaired) electrons. The molecule has 0 saturated carbocycles. The van der Waals surface area contributed by atoms with Gasteiger partial charge in [-0.3, -0.25) is 4.79 Å². The van der Waals surface area contributed by atoms with Crippen LogP contribution in [0.5, 0.6) is 0 Å². The lowest BCUT2D eigenvalue weighted by atomic mass is 10.1. The predicted octanol–water partition coefficient (Wildman–Crippen LogP) is 0.767. The second-order valence-electron chi connectivity index (χ2n) is 5.74. The van der Waals surface area contributed by atoms with Crippen molar-refractivity contribution in [2.24, 2.45) is 0 Å². The molecule has 112 valence electrons. The van der Waals surface area contributed by atoms with Gasteiger partial charge in [-0.25, -0.2) is 4.68 Å². The van der Waals surface area contributed by atoms with Crippen LogP contribution in [0.1, 0.15) is 27.7 Å². The molecule has 0 bridgehead atoms. The summed E-state index contributed by atoms with van der Waals surface area (Å²) in [4.78, 5) is 14.2. The topological polar surface area (TPSA) is 73.1 Å². The smallest absolute Gasteiger partial charge is 0.236 e. The first-order chi connectivity index (χ1) is 9.39. The van der Waals surface area contributed by atoms with E-state index in [0.717, 1.165) is 0 Å². The van der Waals surface area contributed by atoms with E-state index in [1.807, 2.05) is 32.6 Å². The highest BCUT2D eigenvalue weighted by molar-refractivity contribution is 8.00. The lowest BCUT2D eigenvalue weighted by Gasteiger charge is -2.29. The van der Waals surface area contributed by atoms with Crippen LogP contribution in [0.25, 0.3) is 0 Å². The monoisotopic (exact) mass is 299 g/mol. The zero-order chi connectivity index (χ0) is 14.8. The third-order valence-corrected chi connectivity index (χ3v) is 4.05. The fourth-order valence-electron chi connectivity index (χ4n) is 1.92. The Hall–Kier alpha value is -1.15. The van der Waals surface area contributed by atoms with Gasteiger partial charge in [0.25, 0.3) is 0 Å². The molecule has 0 unspecified atom stereocenters. The zero-order valence-electron chi connectivity index (χ0n) is 12.4. The number of carbonyl (C=O) groups excluding carboxylic acids is 1. The molecule has 1 atom stereocenters. The van der Waals surface area contributed by atoms with Crippen LogP contribution in [-0.4, -0.2) is 62.6 Å². The Morgan fingerprint density at radius 2 is 2.00 bits per heavy atom. The van der Waals surface area contributed by atoms with Gasteiger partial charge in [0.2, 0.25) is 11.1 Å². The third-order valence-electron chi connectivity index (χ3n) is 3.03. The molecule has 1 aliphatic heterocycles. The summed E-state index contributed by atoms with van der Waals surface area (Å²) in [7, 11) is 0. The Kier molecular flexibility index (Phi) is 4.64. The highest BCUT2D eigenvalue weighted by Crippen LogP contribution is 2.26. The summed E-state index contributed by atoms with van der Waals surface area (Å²) < 4.78 is 7.01. The van der Waals surface area contributed by atoms with E-state index in [4.69, 9.17) is 4.74 Å². The van der Waals surface area contributed by atoms with Gasteiger partial charge in [-0.2, -0.15) is 0 Å². The van der Waals surface area contributed by atoms with Crippen LogP contribution < -0.4 is 0 Å². The first-order valence-electron chi connectivity index (χ1n) is 6.71. The van der Waals surface area contributed by atoms with E-state index >= 15 is 0 Å². The van der Waals surface area contributed by atoms with E-state index in [0.29, 0.717) is 31.5 Å². The van der Waals surface area contributed by atoms with Crippen LogP contribution >= 0.6 is 11.8 Å². The molecule has 2 rings (SSSR count). The molecule has 7 nitrogen and oxygen atoms in total. The van der Waals surface area contributed by atoms with Gasteiger partial charge in [-0.15, -0.1) is 5.10 Å². The Balaban J connectivity index is 2.02. The molecule has 1 fully saturated rings. The predicted molar refractivity (Wildman–Crippen MR) is 75.5 cm³/mol. The Morgan fingerprint density at radius 3 is 2.60 bits per heavy atom. The van der Waals surface area contributed by atoms with Gasteiger partial charge in [0, 0.05) is 13.1 Å². The fourth-order valence-corrected chi connectivity index (χ4v) is 2.98. The van der Waals surface area contributed by atoms with Crippen molar-refractivity contribution in [2.45, 2.75) is 43.6 Å². The van der Waals surface area contributed by atoms with Gasteiger partial charge >= 0.3 is 0 Å². The molecule has 20 heavy (non-hydrogen) atoms. The van der Waals surface area contributed by atoms with E-state index in [-0.39, 0.29) is 16.7 Å². The van der Waals surface area contributed by atoms with Crippen LogP contribution in [0, 0.1) is 0 Å². The summed E-state index contributed by atoms with van der Waals surface area (Å²) in [5, 5.41) is 12.2. The molecular formula is C12H21N5O2S. The normalized spacial score (nSPS) is 18.1. The molecule has 1 aromatic rings. The minimum absolute atomic E-state index is 0.113. The summed E-state index contributed by atoms with van der Waals surface area (Å²) >= 11 is 1.40. The van der Waals surface area contributed by atoms with Crippen LogP contribution in [-0.2, 0) is 15.1 Å². The molecule has 0 aliphatic carbocycles. The molecule has 1 aliphatic rings. The summed E-state index contributed by atoms with van der Waals surface area (Å²) in [6.07, 6.45) is 0. The Labute approximate surface area is 123 Å². The second kappa shape index (κ2) is 6.09. The lowest BCUT2D eigenvalue weighted by Crippen LogP contribution is -2.44. The Morgan fingerprint density at radius 1 is 1.35 bits per heavy atom. The largest absolute Gasteiger partial charge is 0.378 e. The molecule has 8 heteroatoms. The van der Waals surface area contributed by atoms with E-state index in [1.165, 1.54) is 11.8 Å². The minimum atomic E-state index is -0.208. The van der Waals surface area contributed by atoms with E-state index < -0.39 is 0 Å². The van der Waals surface area contributed by atoms with Crippen molar-refractivity contribution >= 4 is 17.7 Å². The average Bonchev–Trinajstić information content (AvgIpc) is 2.87. The number of rotatable bonds is 3. The molecule has 0 spiro atoms. The Bertz CT molecular complexity index is 465. The summed E-state index contributed by atoms with van der Waals surface area (Å²) in [5.41, 5.74) is -0.201. The van der Waals surface area contributed by atoms with Gasteiger partial charge in [-0.05, 0) is 38.1 Å². The summed E-state index contributed by atoms with van der Waals surface area (Å²) in [6, 6.07) is 0. The lowest BCUT2D eigenvalue weighted by molar-refractivity contribution is -0.134. The highest BCUT2D eigenvalue weighted by atomic mass is 32.2. The van der Waals surface area contributed by atoms with E-state index in [9.17, 15) is 4.79 Å². The zero-order valence-corrected chi connectivity index (χ0v) is 13.2.